The first-order valence-corrected chi connectivity index (χ1v) is 8.39. The van der Waals surface area contributed by atoms with Crippen LogP contribution in [0.2, 0.25) is 0 Å². The van der Waals surface area contributed by atoms with Crippen molar-refractivity contribution in [2.45, 2.75) is 71.4 Å². The van der Waals surface area contributed by atoms with Gasteiger partial charge in [-0.3, -0.25) is 4.90 Å². The van der Waals surface area contributed by atoms with Gasteiger partial charge < -0.3 is 10.8 Å². The number of nitrogens with two attached hydrogens (primary N) is 1. The Hall–Kier alpha value is -0.120. The van der Waals surface area contributed by atoms with Gasteiger partial charge in [-0.15, -0.1) is 0 Å². The Morgan fingerprint density at radius 3 is 2.30 bits per heavy atom. The molecule has 0 aromatic carbocycles. The summed E-state index contributed by atoms with van der Waals surface area (Å²) < 4.78 is 0. The van der Waals surface area contributed by atoms with Gasteiger partial charge in [-0.1, -0.05) is 20.8 Å². The summed E-state index contributed by atoms with van der Waals surface area (Å²) in [6, 6.07) is 0.633. The van der Waals surface area contributed by atoms with Gasteiger partial charge in [-0.2, -0.15) is 0 Å². The maximum atomic E-state index is 10.1. The number of aliphatic hydroxyl groups is 1. The zero-order chi connectivity index (χ0) is 15.0. The Balaban J connectivity index is 2.02. The summed E-state index contributed by atoms with van der Waals surface area (Å²) in [6.07, 6.45) is 5.69. The standard InChI is InChI=1S/C17H34N2O/c1-16(2,3)14-6-5-13(12-18)15(11-14)19-9-7-17(4,20)8-10-19/h13-15,20H,5-12,18H2,1-4H3. The highest BCUT2D eigenvalue weighted by atomic mass is 16.3. The van der Waals surface area contributed by atoms with Crippen LogP contribution in [-0.2, 0) is 0 Å². The van der Waals surface area contributed by atoms with E-state index < -0.39 is 5.60 Å². The zero-order valence-corrected chi connectivity index (χ0v) is 13.9. The van der Waals surface area contributed by atoms with Crippen molar-refractivity contribution in [3.63, 3.8) is 0 Å². The summed E-state index contributed by atoms with van der Waals surface area (Å²) in [5, 5.41) is 10.1. The van der Waals surface area contributed by atoms with E-state index in [-0.39, 0.29) is 0 Å². The van der Waals surface area contributed by atoms with Gasteiger partial charge in [-0.05, 0) is 62.8 Å². The summed E-state index contributed by atoms with van der Waals surface area (Å²) in [6.45, 7) is 12.0. The molecule has 118 valence electrons. The lowest BCUT2D eigenvalue weighted by molar-refractivity contribution is -0.0394. The van der Waals surface area contributed by atoms with Crippen molar-refractivity contribution < 1.29 is 5.11 Å². The van der Waals surface area contributed by atoms with Crippen molar-refractivity contribution in [2.75, 3.05) is 19.6 Å². The molecule has 2 rings (SSSR count). The number of piperidine rings is 1. The third-order valence-corrected chi connectivity index (χ3v) is 5.83. The minimum absolute atomic E-state index is 0.402. The molecule has 1 heterocycles. The van der Waals surface area contributed by atoms with Crippen LogP contribution in [0.3, 0.4) is 0 Å². The molecule has 1 saturated heterocycles. The Morgan fingerprint density at radius 1 is 1.20 bits per heavy atom. The molecule has 3 heteroatoms. The summed E-state index contributed by atoms with van der Waals surface area (Å²) in [5.41, 5.74) is 5.98. The third-order valence-electron chi connectivity index (χ3n) is 5.83. The highest BCUT2D eigenvalue weighted by molar-refractivity contribution is 4.94. The molecule has 3 atom stereocenters. The molecule has 2 fully saturated rings. The highest BCUT2D eigenvalue weighted by Crippen LogP contribution is 2.42. The quantitative estimate of drug-likeness (QED) is 0.818. The van der Waals surface area contributed by atoms with Crippen LogP contribution in [0.5, 0.6) is 0 Å². The molecule has 0 spiro atoms. The molecule has 3 nitrogen and oxygen atoms in total. The van der Waals surface area contributed by atoms with Gasteiger partial charge in [0, 0.05) is 19.1 Å². The Kier molecular flexibility index (Phi) is 4.83. The monoisotopic (exact) mass is 282 g/mol. The van der Waals surface area contributed by atoms with Gasteiger partial charge in [0.1, 0.15) is 0 Å². The predicted molar refractivity (Wildman–Crippen MR) is 84.6 cm³/mol. The minimum Gasteiger partial charge on any atom is -0.390 e. The first-order chi connectivity index (χ1) is 9.23. The van der Waals surface area contributed by atoms with E-state index in [0.717, 1.165) is 38.4 Å². The Bertz CT molecular complexity index is 311. The van der Waals surface area contributed by atoms with Crippen LogP contribution in [0.4, 0.5) is 0 Å². The zero-order valence-electron chi connectivity index (χ0n) is 13.9. The number of likely N-dealkylation sites (tertiary alicyclic amines) is 1. The maximum Gasteiger partial charge on any atom is 0.0644 e. The van der Waals surface area contributed by atoms with Crippen molar-refractivity contribution in [3.05, 3.63) is 0 Å². The van der Waals surface area contributed by atoms with Crippen LogP contribution >= 0.6 is 0 Å². The fourth-order valence-corrected chi connectivity index (χ4v) is 4.06. The number of hydrogen-bond acceptors (Lipinski definition) is 3. The van der Waals surface area contributed by atoms with E-state index in [4.69, 9.17) is 5.73 Å². The average molecular weight is 282 g/mol. The van der Waals surface area contributed by atoms with Gasteiger partial charge in [0.2, 0.25) is 0 Å². The molecule has 0 bridgehead atoms. The lowest BCUT2D eigenvalue weighted by atomic mass is 9.67. The SMILES string of the molecule is CC1(O)CCN(C2CC(C(C)(C)C)CCC2CN)CC1. The van der Waals surface area contributed by atoms with Crippen molar-refractivity contribution in [3.8, 4) is 0 Å². The minimum atomic E-state index is -0.452. The van der Waals surface area contributed by atoms with Crippen molar-refractivity contribution in [2.24, 2.45) is 23.0 Å². The van der Waals surface area contributed by atoms with E-state index in [1.165, 1.54) is 19.3 Å². The fraction of sp³-hybridized carbons (Fsp3) is 1.00. The first-order valence-electron chi connectivity index (χ1n) is 8.39. The van der Waals surface area contributed by atoms with Crippen molar-refractivity contribution >= 4 is 0 Å². The van der Waals surface area contributed by atoms with E-state index in [1.807, 2.05) is 6.92 Å². The maximum absolute atomic E-state index is 10.1. The van der Waals surface area contributed by atoms with Crippen LogP contribution in [-0.4, -0.2) is 41.3 Å². The summed E-state index contributed by atoms with van der Waals surface area (Å²) in [7, 11) is 0. The number of nitrogens with zero attached hydrogens (tertiary/aromatic N) is 1. The Morgan fingerprint density at radius 2 is 1.80 bits per heavy atom. The molecule has 0 aromatic rings. The van der Waals surface area contributed by atoms with Crippen molar-refractivity contribution in [1.82, 2.24) is 4.90 Å². The highest BCUT2D eigenvalue weighted by Gasteiger charge is 2.40. The first kappa shape index (κ1) is 16.3. The van der Waals surface area contributed by atoms with Crippen molar-refractivity contribution in [1.29, 1.82) is 0 Å². The summed E-state index contributed by atoms with van der Waals surface area (Å²) >= 11 is 0. The smallest absolute Gasteiger partial charge is 0.0644 e. The topological polar surface area (TPSA) is 49.5 Å². The molecule has 1 aliphatic heterocycles. The van der Waals surface area contributed by atoms with Crippen LogP contribution in [0.1, 0.15) is 59.8 Å². The molecule has 0 aromatic heterocycles. The molecule has 20 heavy (non-hydrogen) atoms. The van der Waals surface area contributed by atoms with E-state index in [2.05, 4.69) is 25.7 Å². The average Bonchev–Trinajstić information content (AvgIpc) is 2.37. The molecule has 0 amide bonds. The Labute approximate surface area is 124 Å². The van der Waals surface area contributed by atoms with Crippen LogP contribution in [0.25, 0.3) is 0 Å². The molecule has 3 N–H and O–H groups in total. The molecular formula is C17H34N2O. The summed E-state index contributed by atoms with van der Waals surface area (Å²) in [5.74, 6) is 1.45. The normalized spacial score (nSPS) is 36.0. The molecule has 0 radical (unpaired) electrons. The van der Waals surface area contributed by atoms with E-state index in [0.29, 0.717) is 17.4 Å². The van der Waals surface area contributed by atoms with Gasteiger partial charge in [0.05, 0.1) is 5.60 Å². The lowest BCUT2D eigenvalue weighted by Crippen LogP contribution is -2.53. The predicted octanol–water partition coefficient (Wildman–Crippen LogP) is 2.62. The molecule has 2 aliphatic rings. The third kappa shape index (κ3) is 3.75. The van der Waals surface area contributed by atoms with Gasteiger partial charge in [-0.25, -0.2) is 0 Å². The second-order valence-corrected chi connectivity index (χ2v) is 8.47. The van der Waals surface area contributed by atoms with E-state index in [1.54, 1.807) is 0 Å². The number of rotatable bonds is 2. The number of hydrogen-bond donors (Lipinski definition) is 2. The van der Waals surface area contributed by atoms with Gasteiger partial charge >= 0.3 is 0 Å². The van der Waals surface area contributed by atoms with Gasteiger partial charge in [0.15, 0.2) is 0 Å². The van der Waals surface area contributed by atoms with Crippen LogP contribution in [0.15, 0.2) is 0 Å². The lowest BCUT2D eigenvalue weighted by Gasteiger charge is -2.48. The second kappa shape index (κ2) is 5.94. The second-order valence-electron chi connectivity index (χ2n) is 8.47. The molecule has 1 saturated carbocycles. The van der Waals surface area contributed by atoms with E-state index >= 15 is 0 Å². The molecular weight excluding hydrogens is 248 g/mol. The molecule has 3 unspecified atom stereocenters. The largest absolute Gasteiger partial charge is 0.390 e. The summed E-state index contributed by atoms with van der Waals surface area (Å²) in [4.78, 5) is 2.62. The van der Waals surface area contributed by atoms with E-state index in [9.17, 15) is 5.11 Å². The fourth-order valence-electron chi connectivity index (χ4n) is 4.06. The molecule has 1 aliphatic carbocycles. The van der Waals surface area contributed by atoms with Gasteiger partial charge in [0.25, 0.3) is 0 Å². The van der Waals surface area contributed by atoms with Crippen LogP contribution < -0.4 is 5.73 Å². The van der Waals surface area contributed by atoms with Crippen LogP contribution in [0, 0.1) is 17.3 Å².